The Hall–Kier alpha value is -2.47. The lowest BCUT2D eigenvalue weighted by Crippen LogP contribution is -1.89. The van der Waals surface area contributed by atoms with Gasteiger partial charge in [0, 0.05) is 23.9 Å². The van der Waals surface area contributed by atoms with E-state index in [-0.39, 0.29) is 0 Å². The second kappa shape index (κ2) is 5.49. The third-order valence-electron chi connectivity index (χ3n) is 2.92. The summed E-state index contributed by atoms with van der Waals surface area (Å²) in [5, 5.41) is 0.547. The first-order chi connectivity index (χ1) is 10.2. The Bertz CT molecular complexity index is 763. The maximum atomic E-state index is 5.79. The van der Waals surface area contributed by atoms with Crippen LogP contribution in [0.4, 0.5) is 5.69 Å². The van der Waals surface area contributed by atoms with Gasteiger partial charge in [-0.25, -0.2) is 4.98 Å². The summed E-state index contributed by atoms with van der Waals surface area (Å²) >= 11 is 1.44. The van der Waals surface area contributed by atoms with Gasteiger partial charge in [-0.05, 0) is 18.2 Å². The Morgan fingerprint density at radius 2 is 1.62 bits per heavy atom. The number of benzene rings is 2. The monoisotopic (exact) mass is 302 g/mol. The van der Waals surface area contributed by atoms with E-state index in [4.69, 9.17) is 19.9 Å². The van der Waals surface area contributed by atoms with Crippen molar-refractivity contribution in [1.29, 1.82) is 0 Å². The molecule has 2 N–H and O–H groups in total. The van der Waals surface area contributed by atoms with E-state index in [1.807, 2.05) is 18.2 Å². The fourth-order valence-corrected chi connectivity index (χ4v) is 2.79. The van der Waals surface area contributed by atoms with Crippen LogP contribution in [0.3, 0.4) is 0 Å². The van der Waals surface area contributed by atoms with Gasteiger partial charge in [-0.2, -0.15) is 0 Å². The summed E-state index contributed by atoms with van der Waals surface area (Å²) in [6.07, 6.45) is 0. The lowest BCUT2D eigenvalue weighted by molar-refractivity contribution is 0.386. The zero-order valence-corrected chi connectivity index (χ0v) is 12.4. The molecule has 5 nitrogen and oxygen atoms in total. The lowest BCUT2D eigenvalue weighted by atomic mass is 10.3. The predicted octanol–water partition coefficient (Wildman–Crippen LogP) is 3.69. The van der Waals surface area contributed by atoms with Crippen LogP contribution >= 0.6 is 11.3 Å². The molecule has 3 aromatic rings. The number of nitrogens with two attached hydrogens (primary N) is 1. The van der Waals surface area contributed by atoms with Crippen molar-refractivity contribution in [2.75, 3.05) is 20.0 Å². The molecule has 0 fully saturated rings. The molecule has 0 bridgehead atoms. The normalized spacial score (nSPS) is 10.6. The number of hydrogen-bond donors (Lipinski definition) is 1. The standard InChI is InChI=1S/C15H14N2O3S/c1-18-10-6-11(19-2)8-12(7-10)20-15-17-13-4-3-9(16)5-14(13)21-15/h3-8H,16H2,1-2H3. The van der Waals surface area contributed by atoms with Crippen LogP contribution in [0.15, 0.2) is 36.4 Å². The number of fused-ring (bicyclic) bond motifs is 1. The minimum absolute atomic E-state index is 0.547. The van der Waals surface area contributed by atoms with Crippen molar-refractivity contribution < 1.29 is 14.2 Å². The first-order valence-corrected chi connectivity index (χ1v) is 7.06. The molecule has 0 radical (unpaired) electrons. The van der Waals surface area contributed by atoms with E-state index < -0.39 is 0 Å². The van der Waals surface area contributed by atoms with E-state index in [0.717, 1.165) is 10.2 Å². The molecule has 0 unspecified atom stereocenters. The summed E-state index contributed by atoms with van der Waals surface area (Å²) < 4.78 is 17.2. The minimum Gasteiger partial charge on any atom is -0.496 e. The van der Waals surface area contributed by atoms with Gasteiger partial charge >= 0.3 is 0 Å². The molecular formula is C15H14N2O3S. The summed E-state index contributed by atoms with van der Waals surface area (Å²) in [5.74, 6) is 1.93. The van der Waals surface area contributed by atoms with Crippen LogP contribution < -0.4 is 19.9 Å². The number of nitrogen functional groups attached to an aromatic ring is 1. The summed E-state index contributed by atoms with van der Waals surface area (Å²) in [7, 11) is 3.19. The van der Waals surface area contributed by atoms with Gasteiger partial charge < -0.3 is 19.9 Å². The van der Waals surface area contributed by atoms with Gasteiger partial charge in [-0.15, -0.1) is 0 Å². The Labute approximate surface area is 125 Å². The van der Waals surface area contributed by atoms with Crippen LogP contribution in [0.2, 0.25) is 0 Å². The summed E-state index contributed by atoms with van der Waals surface area (Å²) in [5.41, 5.74) is 7.34. The Balaban J connectivity index is 1.94. The van der Waals surface area contributed by atoms with Crippen LogP contribution in [-0.2, 0) is 0 Å². The van der Waals surface area contributed by atoms with E-state index >= 15 is 0 Å². The summed E-state index contributed by atoms with van der Waals surface area (Å²) in [6.45, 7) is 0. The zero-order chi connectivity index (χ0) is 14.8. The van der Waals surface area contributed by atoms with E-state index in [0.29, 0.717) is 28.1 Å². The molecule has 0 aliphatic carbocycles. The third-order valence-corrected chi connectivity index (χ3v) is 3.82. The van der Waals surface area contributed by atoms with Crippen molar-refractivity contribution >= 4 is 27.2 Å². The van der Waals surface area contributed by atoms with Gasteiger partial charge in [-0.1, -0.05) is 11.3 Å². The minimum atomic E-state index is 0.547. The highest BCUT2D eigenvalue weighted by atomic mass is 32.1. The average molecular weight is 302 g/mol. The number of nitrogens with zero attached hydrogens (tertiary/aromatic N) is 1. The molecule has 6 heteroatoms. The number of aromatic nitrogens is 1. The van der Waals surface area contributed by atoms with Crippen molar-refractivity contribution in [3.63, 3.8) is 0 Å². The van der Waals surface area contributed by atoms with Gasteiger partial charge in [0.1, 0.15) is 17.2 Å². The van der Waals surface area contributed by atoms with Crippen molar-refractivity contribution in [2.24, 2.45) is 0 Å². The summed E-state index contributed by atoms with van der Waals surface area (Å²) in [4.78, 5) is 4.42. The van der Waals surface area contributed by atoms with Crippen molar-refractivity contribution in [3.05, 3.63) is 36.4 Å². The first kappa shape index (κ1) is 13.5. The van der Waals surface area contributed by atoms with Gasteiger partial charge in [0.15, 0.2) is 0 Å². The molecule has 0 saturated carbocycles. The van der Waals surface area contributed by atoms with Gasteiger partial charge in [0.25, 0.3) is 5.19 Å². The smallest absolute Gasteiger partial charge is 0.279 e. The molecule has 108 valence electrons. The molecular weight excluding hydrogens is 288 g/mol. The molecule has 3 rings (SSSR count). The van der Waals surface area contributed by atoms with E-state index in [1.165, 1.54) is 11.3 Å². The van der Waals surface area contributed by atoms with Gasteiger partial charge in [0.05, 0.1) is 24.4 Å². The predicted molar refractivity (Wildman–Crippen MR) is 83.7 cm³/mol. The van der Waals surface area contributed by atoms with E-state index in [9.17, 15) is 0 Å². The van der Waals surface area contributed by atoms with Gasteiger partial charge in [0.2, 0.25) is 0 Å². The molecule has 1 heterocycles. The average Bonchev–Trinajstić information content (AvgIpc) is 2.87. The molecule has 0 aliphatic heterocycles. The number of methoxy groups -OCH3 is 2. The quantitative estimate of drug-likeness (QED) is 0.744. The molecule has 0 spiro atoms. The summed E-state index contributed by atoms with van der Waals surface area (Å²) in [6, 6.07) is 10.9. The number of anilines is 1. The second-order valence-corrected chi connectivity index (χ2v) is 5.35. The highest BCUT2D eigenvalue weighted by Gasteiger charge is 2.09. The largest absolute Gasteiger partial charge is 0.496 e. The van der Waals surface area contributed by atoms with Crippen LogP contribution in [-0.4, -0.2) is 19.2 Å². The number of rotatable bonds is 4. The first-order valence-electron chi connectivity index (χ1n) is 6.25. The molecule has 0 saturated heterocycles. The molecule has 0 amide bonds. The van der Waals surface area contributed by atoms with Crippen LogP contribution in [0.1, 0.15) is 0 Å². The molecule has 2 aromatic carbocycles. The topological polar surface area (TPSA) is 66.6 Å². The fourth-order valence-electron chi connectivity index (χ4n) is 1.90. The molecule has 0 atom stereocenters. The number of thiazole rings is 1. The van der Waals surface area contributed by atoms with Crippen molar-refractivity contribution in [1.82, 2.24) is 4.98 Å². The van der Waals surface area contributed by atoms with Crippen molar-refractivity contribution in [2.45, 2.75) is 0 Å². The highest BCUT2D eigenvalue weighted by molar-refractivity contribution is 7.20. The SMILES string of the molecule is COc1cc(OC)cc(Oc2nc3ccc(N)cc3s2)c1. The molecule has 21 heavy (non-hydrogen) atoms. The maximum Gasteiger partial charge on any atom is 0.279 e. The van der Waals surface area contributed by atoms with Crippen LogP contribution in [0.25, 0.3) is 10.2 Å². The Morgan fingerprint density at radius 3 is 2.29 bits per heavy atom. The second-order valence-electron chi connectivity index (χ2n) is 4.36. The van der Waals surface area contributed by atoms with Crippen LogP contribution in [0, 0.1) is 0 Å². The molecule has 0 aliphatic rings. The molecule has 1 aromatic heterocycles. The lowest BCUT2D eigenvalue weighted by Gasteiger charge is -2.07. The number of hydrogen-bond acceptors (Lipinski definition) is 6. The van der Waals surface area contributed by atoms with E-state index in [2.05, 4.69) is 4.98 Å². The zero-order valence-electron chi connectivity index (χ0n) is 11.6. The van der Waals surface area contributed by atoms with Crippen LogP contribution in [0.5, 0.6) is 22.4 Å². The van der Waals surface area contributed by atoms with E-state index in [1.54, 1.807) is 32.4 Å². The highest BCUT2D eigenvalue weighted by Crippen LogP contribution is 2.35. The number of ether oxygens (including phenoxy) is 3. The van der Waals surface area contributed by atoms with Crippen molar-refractivity contribution in [3.8, 4) is 22.4 Å². The third kappa shape index (κ3) is 2.85. The Kier molecular flexibility index (Phi) is 3.53. The maximum absolute atomic E-state index is 5.79. The fraction of sp³-hybridized carbons (Fsp3) is 0.133. The Morgan fingerprint density at radius 1 is 0.952 bits per heavy atom. The van der Waals surface area contributed by atoms with Gasteiger partial charge in [-0.3, -0.25) is 0 Å².